The van der Waals surface area contributed by atoms with Gasteiger partial charge in [0.15, 0.2) is 11.5 Å². The van der Waals surface area contributed by atoms with E-state index >= 15 is 0 Å². The molecule has 1 fully saturated rings. The second kappa shape index (κ2) is 10.6. The summed E-state index contributed by atoms with van der Waals surface area (Å²) in [5.74, 6) is 0.170. The molecule has 5 aromatic rings. The van der Waals surface area contributed by atoms with Gasteiger partial charge in [-0.05, 0) is 42.1 Å². The number of rotatable bonds is 6. The van der Waals surface area contributed by atoms with Crippen LogP contribution in [0, 0.1) is 0 Å². The SMILES string of the molecule is COc1cc(-c2nc(-c3ccccc3)c(-c3ccccc3)n2-c2ccccc2)cc(/C=C2\SC(=O)NC2=O)c1O. The van der Waals surface area contributed by atoms with Gasteiger partial charge in [0.05, 0.1) is 23.4 Å². The molecule has 4 aromatic carbocycles. The number of nitrogens with zero attached hydrogens (tertiary/aromatic N) is 2. The van der Waals surface area contributed by atoms with Crippen LogP contribution in [0.4, 0.5) is 4.79 Å². The Morgan fingerprint density at radius 1 is 0.850 bits per heavy atom. The molecule has 1 aliphatic heterocycles. The second-order valence-corrected chi connectivity index (χ2v) is 10.0. The zero-order chi connectivity index (χ0) is 27.6. The van der Waals surface area contributed by atoms with Crippen LogP contribution in [0.15, 0.2) is 108 Å². The van der Waals surface area contributed by atoms with E-state index in [9.17, 15) is 14.7 Å². The minimum Gasteiger partial charge on any atom is -0.504 e. The minimum atomic E-state index is -0.512. The van der Waals surface area contributed by atoms with Gasteiger partial charge in [0.1, 0.15) is 5.82 Å². The Morgan fingerprint density at radius 3 is 2.08 bits per heavy atom. The van der Waals surface area contributed by atoms with E-state index in [1.165, 1.54) is 13.2 Å². The van der Waals surface area contributed by atoms with Gasteiger partial charge in [-0.15, -0.1) is 0 Å². The van der Waals surface area contributed by atoms with Crippen molar-refractivity contribution in [2.24, 2.45) is 0 Å². The molecule has 7 nitrogen and oxygen atoms in total. The number of phenolic OH excluding ortho intramolecular Hbond substituents is 1. The van der Waals surface area contributed by atoms with E-state index in [1.807, 2.05) is 91.0 Å². The van der Waals surface area contributed by atoms with Crippen molar-refractivity contribution >= 4 is 29.0 Å². The molecule has 2 heterocycles. The van der Waals surface area contributed by atoms with Gasteiger partial charge in [-0.3, -0.25) is 19.5 Å². The number of aromatic nitrogens is 2. The van der Waals surface area contributed by atoms with Crippen molar-refractivity contribution in [2.45, 2.75) is 0 Å². The van der Waals surface area contributed by atoms with Crippen molar-refractivity contribution in [2.75, 3.05) is 7.11 Å². The van der Waals surface area contributed by atoms with Crippen molar-refractivity contribution in [1.82, 2.24) is 14.9 Å². The quantitative estimate of drug-likeness (QED) is 0.225. The van der Waals surface area contributed by atoms with Gasteiger partial charge in [0.25, 0.3) is 11.1 Å². The summed E-state index contributed by atoms with van der Waals surface area (Å²) in [6.07, 6.45) is 1.48. The van der Waals surface area contributed by atoms with Crippen molar-refractivity contribution in [3.63, 3.8) is 0 Å². The van der Waals surface area contributed by atoms with Gasteiger partial charge in [0, 0.05) is 27.9 Å². The van der Waals surface area contributed by atoms with Crippen molar-refractivity contribution in [3.05, 3.63) is 114 Å². The standard InChI is InChI=1S/C32H23N3O4S/c1-39-25-18-23(17-22(29(25)36)19-26-31(37)34-32(38)40-26)30-33-27(20-11-5-2-6-12-20)28(21-13-7-3-8-14-21)35(30)24-15-9-4-10-16-24/h2-19,36H,1H3,(H,34,37,38)/b26-19-. The van der Waals surface area contributed by atoms with Crippen LogP contribution in [0.2, 0.25) is 0 Å². The van der Waals surface area contributed by atoms with E-state index in [1.54, 1.807) is 12.1 Å². The highest BCUT2D eigenvalue weighted by Gasteiger charge is 2.27. The number of aromatic hydroxyl groups is 1. The minimum absolute atomic E-state index is 0.143. The van der Waals surface area contributed by atoms with Gasteiger partial charge in [-0.2, -0.15) is 0 Å². The first kappa shape index (κ1) is 25.2. The number of para-hydroxylation sites is 1. The summed E-state index contributed by atoms with van der Waals surface area (Å²) in [5.41, 5.74) is 5.49. The number of carbonyl (C=O) groups is 2. The molecule has 0 spiro atoms. The number of hydrogen-bond acceptors (Lipinski definition) is 6. The van der Waals surface area contributed by atoms with Crippen LogP contribution in [-0.2, 0) is 4.79 Å². The Kier molecular flexibility index (Phi) is 6.67. The molecule has 1 aliphatic rings. The largest absolute Gasteiger partial charge is 0.504 e. The van der Waals surface area contributed by atoms with Crippen LogP contribution >= 0.6 is 11.8 Å². The van der Waals surface area contributed by atoms with E-state index in [-0.39, 0.29) is 16.4 Å². The normalized spacial score (nSPS) is 14.0. The number of imide groups is 1. The third kappa shape index (κ3) is 4.65. The first-order valence-electron chi connectivity index (χ1n) is 12.5. The van der Waals surface area contributed by atoms with Gasteiger partial charge in [-0.25, -0.2) is 4.98 Å². The van der Waals surface area contributed by atoms with Crippen LogP contribution < -0.4 is 10.1 Å². The average Bonchev–Trinajstić information content (AvgIpc) is 3.54. The maximum Gasteiger partial charge on any atom is 0.290 e. The highest BCUT2D eigenvalue weighted by molar-refractivity contribution is 8.18. The molecule has 0 unspecified atom stereocenters. The molecule has 0 radical (unpaired) electrons. The topological polar surface area (TPSA) is 93.5 Å². The maximum atomic E-state index is 12.3. The smallest absolute Gasteiger partial charge is 0.290 e. The Balaban J connectivity index is 1.66. The molecule has 8 heteroatoms. The lowest BCUT2D eigenvalue weighted by atomic mass is 10.0. The number of benzene rings is 4. The molecule has 2 N–H and O–H groups in total. The van der Waals surface area contributed by atoms with Gasteiger partial charge in [0.2, 0.25) is 0 Å². The maximum absolute atomic E-state index is 12.3. The number of carbonyl (C=O) groups excluding carboxylic acids is 2. The lowest BCUT2D eigenvalue weighted by molar-refractivity contribution is -0.115. The zero-order valence-corrected chi connectivity index (χ0v) is 22.2. The Morgan fingerprint density at radius 2 is 1.48 bits per heavy atom. The van der Waals surface area contributed by atoms with Gasteiger partial charge in [-0.1, -0.05) is 78.9 Å². The third-order valence-electron chi connectivity index (χ3n) is 6.50. The summed E-state index contributed by atoms with van der Waals surface area (Å²) in [4.78, 5) is 29.4. The molecular formula is C32H23N3O4S. The fourth-order valence-electron chi connectivity index (χ4n) is 4.69. The molecule has 6 rings (SSSR count). The monoisotopic (exact) mass is 545 g/mol. The third-order valence-corrected chi connectivity index (χ3v) is 7.31. The fourth-order valence-corrected chi connectivity index (χ4v) is 5.36. The molecule has 0 saturated carbocycles. The molecule has 1 saturated heterocycles. The average molecular weight is 546 g/mol. The number of amides is 2. The van der Waals surface area contributed by atoms with Gasteiger partial charge < -0.3 is 9.84 Å². The molecule has 0 aliphatic carbocycles. The van der Waals surface area contributed by atoms with E-state index in [4.69, 9.17) is 9.72 Å². The lowest BCUT2D eigenvalue weighted by Gasteiger charge is -2.15. The number of thioether (sulfide) groups is 1. The van der Waals surface area contributed by atoms with Crippen LogP contribution in [0.5, 0.6) is 11.5 Å². The van der Waals surface area contributed by atoms with Crippen molar-refractivity contribution in [1.29, 1.82) is 0 Å². The lowest BCUT2D eigenvalue weighted by Crippen LogP contribution is -2.17. The van der Waals surface area contributed by atoms with E-state index in [2.05, 4.69) is 9.88 Å². The molecular weight excluding hydrogens is 522 g/mol. The van der Waals surface area contributed by atoms with Crippen LogP contribution in [0.1, 0.15) is 5.56 Å². The highest BCUT2D eigenvalue weighted by Crippen LogP contribution is 2.42. The first-order chi connectivity index (χ1) is 19.5. The Bertz CT molecular complexity index is 1760. The van der Waals surface area contributed by atoms with E-state index < -0.39 is 11.1 Å². The van der Waals surface area contributed by atoms with Crippen LogP contribution in [0.3, 0.4) is 0 Å². The molecule has 2 amide bonds. The molecule has 1 aromatic heterocycles. The number of imidazole rings is 1. The summed E-state index contributed by atoms with van der Waals surface area (Å²) < 4.78 is 7.61. The number of ether oxygens (including phenoxy) is 1. The Labute approximate surface area is 234 Å². The summed E-state index contributed by atoms with van der Waals surface area (Å²) in [6, 6.07) is 33.4. The highest BCUT2D eigenvalue weighted by atomic mass is 32.2. The summed E-state index contributed by atoms with van der Waals surface area (Å²) >= 11 is 0.782. The predicted molar refractivity (Wildman–Crippen MR) is 157 cm³/mol. The van der Waals surface area contributed by atoms with E-state index in [0.29, 0.717) is 17.0 Å². The zero-order valence-electron chi connectivity index (χ0n) is 21.4. The van der Waals surface area contributed by atoms with Crippen LogP contribution in [0.25, 0.3) is 45.7 Å². The summed E-state index contributed by atoms with van der Waals surface area (Å²) in [5, 5.41) is 12.7. The van der Waals surface area contributed by atoms with Gasteiger partial charge >= 0.3 is 0 Å². The number of hydrogen-bond donors (Lipinski definition) is 2. The number of methoxy groups -OCH3 is 1. The second-order valence-electron chi connectivity index (χ2n) is 9.00. The fraction of sp³-hybridized carbons (Fsp3) is 0.0312. The first-order valence-corrected chi connectivity index (χ1v) is 13.3. The molecule has 0 atom stereocenters. The van der Waals surface area contributed by atoms with Crippen molar-refractivity contribution in [3.8, 4) is 51.1 Å². The summed E-state index contributed by atoms with van der Waals surface area (Å²) in [6.45, 7) is 0. The number of nitrogens with one attached hydrogen (secondary N) is 1. The predicted octanol–water partition coefficient (Wildman–Crippen LogP) is 6.91. The molecule has 0 bridgehead atoms. The summed E-state index contributed by atoms with van der Waals surface area (Å²) in [7, 11) is 1.46. The number of phenols is 1. The van der Waals surface area contributed by atoms with E-state index in [0.717, 1.165) is 40.0 Å². The molecule has 40 heavy (non-hydrogen) atoms. The molecule has 196 valence electrons. The Hall–Kier alpha value is -5.08. The van der Waals surface area contributed by atoms with Crippen molar-refractivity contribution < 1.29 is 19.4 Å². The van der Waals surface area contributed by atoms with Crippen LogP contribution in [-0.4, -0.2) is 32.9 Å².